The summed E-state index contributed by atoms with van der Waals surface area (Å²) in [6.45, 7) is 5.63. The van der Waals surface area contributed by atoms with Crippen LogP contribution in [0.15, 0.2) is 0 Å². The van der Waals surface area contributed by atoms with Crippen LogP contribution in [0.1, 0.15) is 39.5 Å². The van der Waals surface area contributed by atoms with E-state index in [1.165, 1.54) is 4.31 Å². The second-order valence-corrected chi connectivity index (χ2v) is 9.16. The largest absolute Gasteiger partial charge is 0.378 e. The lowest BCUT2D eigenvalue weighted by atomic mass is 9.99. The van der Waals surface area contributed by atoms with E-state index in [4.69, 9.17) is 10.5 Å². The highest BCUT2D eigenvalue weighted by atomic mass is 35.5. The highest BCUT2D eigenvalue weighted by Crippen LogP contribution is 2.27. The van der Waals surface area contributed by atoms with Crippen molar-refractivity contribution in [2.45, 2.75) is 51.7 Å². The molecule has 0 bridgehead atoms. The molecule has 2 atom stereocenters. The van der Waals surface area contributed by atoms with Crippen LogP contribution in [0.5, 0.6) is 0 Å². The average Bonchev–Trinajstić information content (AvgIpc) is 2.92. The number of carbonyl (C=O) groups excluding carboxylic acids is 1. The molecule has 0 aromatic carbocycles. The minimum Gasteiger partial charge on any atom is -0.378 e. The quantitative estimate of drug-likeness (QED) is 0.686. The molecular weight excluding hydrogens is 366 g/mol. The molecule has 1 aliphatic heterocycles. The topological polar surface area (TPSA) is 92.9 Å². The Morgan fingerprint density at radius 2 is 1.84 bits per heavy atom. The normalized spacial score (nSPS) is 25.2. The van der Waals surface area contributed by atoms with Crippen molar-refractivity contribution in [1.29, 1.82) is 0 Å². The molecule has 25 heavy (non-hydrogen) atoms. The number of piperazine rings is 1. The number of sulfonamides is 1. The van der Waals surface area contributed by atoms with Gasteiger partial charge in [-0.3, -0.25) is 4.79 Å². The molecule has 0 unspecified atom stereocenters. The van der Waals surface area contributed by atoms with Gasteiger partial charge in [-0.2, -0.15) is 4.31 Å². The molecule has 1 saturated heterocycles. The highest BCUT2D eigenvalue weighted by molar-refractivity contribution is 7.89. The van der Waals surface area contributed by atoms with E-state index in [1.54, 1.807) is 4.90 Å². The van der Waals surface area contributed by atoms with Gasteiger partial charge in [0.2, 0.25) is 15.9 Å². The van der Waals surface area contributed by atoms with Crippen molar-refractivity contribution >= 4 is 28.3 Å². The van der Waals surface area contributed by atoms with E-state index in [1.807, 2.05) is 13.8 Å². The average molecular weight is 398 g/mol. The van der Waals surface area contributed by atoms with Gasteiger partial charge in [0.05, 0.1) is 18.5 Å². The van der Waals surface area contributed by atoms with Gasteiger partial charge in [0.15, 0.2) is 0 Å². The first-order valence-electron chi connectivity index (χ1n) is 8.92. The van der Waals surface area contributed by atoms with Crippen LogP contribution in [0, 0.1) is 5.92 Å². The lowest BCUT2D eigenvalue weighted by Crippen LogP contribution is -2.51. The first kappa shape index (κ1) is 22.6. The zero-order valence-electron chi connectivity index (χ0n) is 15.2. The van der Waals surface area contributed by atoms with Crippen LogP contribution < -0.4 is 5.73 Å². The van der Waals surface area contributed by atoms with Crippen molar-refractivity contribution in [2.24, 2.45) is 11.7 Å². The van der Waals surface area contributed by atoms with Crippen LogP contribution in [-0.4, -0.2) is 74.2 Å². The number of nitrogens with zero attached hydrogens (tertiary/aromatic N) is 2. The number of nitrogens with two attached hydrogens (primary N) is 1. The summed E-state index contributed by atoms with van der Waals surface area (Å²) in [5.41, 5.74) is 6.03. The minimum absolute atomic E-state index is 0. The second kappa shape index (κ2) is 10.1. The van der Waals surface area contributed by atoms with Crippen LogP contribution in [-0.2, 0) is 19.6 Å². The van der Waals surface area contributed by atoms with Crippen molar-refractivity contribution in [1.82, 2.24) is 9.21 Å². The van der Waals surface area contributed by atoms with Gasteiger partial charge in [-0.15, -0.1) is 12.4 Å². The Kier molecular flexibility index (Phi) is 9.11. The maximum atomic E-state index is 12.4. The lowest BCUT2D eigenvalue weighted by Gasteiger charge is -2.34. The number of amides is 1. The molecule has 2 rings (SSSR count). The number of ether oxygens (including phenoxy) is 1. The Bertz CT molecular complexity index is 521. The summed E-state index contributed by atoms with van der Waals surface area (Å²) < 4.78 is 31.4. The van der Waals surface area contributed by atoms with E-state index in [2.05, 4.69) is 0 Å². The summed E-state index contributed by atoms with van der Waals surface area (Å²) >= 11 is 0. The van der Waals surface area contributed by atoms with Gasteiger partial charge in [-0.1, -0.05) is 6.42 Å². The van der Waals surface area contributed by atoms with Gasteiger partial charge in [-0.05, 0) is 32.6 Å². The summed E-state index contributed by atoms with van der Waals surface area (Å²) in [6.07, 6.45) is 3.65. The fourth-order valence-corrected chi connectivity index (χ4v) is 4.69. The van der Waals surface area contributed by atoms with Gasteiger partial charge in [0.1, 0.15) is 0 Å². The van der Waals surface area contributed by atoms with Gasteiger partial charge < -0.3 is 15.4 Å². The van der Waals surface area contributed by atoms with Crippen LogP contribution in [0.3, 0.4) is 0 Å². The first-order valence-corrected chi connectivity index (χ1v) is 10.5. The molecule has 2 fully saturated rings. The molecule has 0 radical (unpaired) electrons. The first-order chi connectivity index (χ1) is 11.3. The predicted octanol–water partition coefficient (Wildman–Crippen LogP) is 0.825. The van der Waals surface area contributed by atoms with Gasteiger partial charge in [-0.25, -0.2) is 8.42 Å². The zero-order valence-corrected chi connectivity index (χ0v) is 16.9. The van der Waals surface area contributed by atoms with Crippen LogP contribution >= 0.6 is 12.4 Å². The van der Waals surface area contributed by atoms with Crippen molar-refractivity contribution in [3.8, 4) is 0 Å². The van der Waals surface area contributed by atoms with E-state index < -0.39 is 10.0 Å². The minimum atomic E-state index is -3.31. The molecule has 1 saturated carbocycles. The number of rotatable bonds is 7. The van der Waals surface area contributed by atoms with E-state index in [0.717, 1.165) is 19.3 Å². The molecule has 7 nitrogen and oxygen atoms in total. The molecule has 1 heterocycles. The molecule has 1 amide bonds. The summed E-state index contributed by atoms with van der Waals surface area (Å²) in [6, 6.07) is 0.136. The Labute approximate surface area is 157 Å². The predicted molar refractivity (Wildman–Crippen MR) is 100 cm³/mol. The van der Waals surface area contributed by atoms with Gasteiger partial charge >= 0.3 is 0 Å². The van der Waals surface area contributed by atoms with E-state index in [9.17, 15) is 13.2 Å². The molecule has 9 heteroatoms. The van der Waals surface area contributed by atoms with E-state index >= 15 is 0 Å². The molecule has 148 valence electrons. The van der Waals surface area contributed by atoms with E-state index in [-0.39, 0.29) is 48.7 Å². The summed E-state index contributed by atoms with van der Waals surface area (Å²) in [5.74, 6) is 0.390. The number of hydrogen-bond donors (Lipinski definition) is 1. The third kappa shape index (κ3) is 6.67. The molecule has 0 aromatic heterocycles. The van der Waals surface area contributed by atoms with Crippen LogP contribution in [0.4, 0.5) is 0 Å². The third-order valence-corrected chi connectivity index (χ3v) is 6.77. The van der Waals surface area contributed by atoms with Crippen LogP contribution in [0.2, 0.25) is 0 Å². The third-order valence-electron chi connectivity index (χ3n) is 4.93. The number of carbonyl (C=O) groups is 1. The summed E-state index contributed by atoms with van der Waals surface area (Å²) in [7, 11) is -3.31. The lowest BCUT2D eigenvalue weighted by molar-refractivity contribution is -0.133. The SMILES string of the molecule is CC(C)OCCS(=O)(=O)N1CCN(C(=O)C[C@@H]2CCC[C@H]2N)CC1.Cl. The maximum absolute atomic E-state index is 12.4. The fourth-order valence-electron chi connectivity index (χ4n) is 3.41. The van der Waals surface area contributed by atoms with Gasteiger partial charge in [0.25, 0.3) is 0 Å². The van der Waals surface area contributed by atoms with E-state index in [0.29, 0.717) is 32.6 Å². The molecular formula is C16H32ClN3O4S. The van der Waals surface area contributed by atoms with Crippen molar-refractivity contribution in [3.05, 3.63) is 0 Å². The summed E-state index contributed by atoms with van der Waals surface area (Å²) in [4.78, 5) is 14.2. The van der Waals surface area contributed by atoms with Gasteiger partial charge in [0, 0.05) is 38.6 Å². The Morgan fingerprint density at radius 1 is 1.20 bits per heavy atom. The molecule has 2 aliphatic rings. The van der Waals surface area contributed by atoms with Crippen molar-refractivity contribution in [2.75, 3.05) is 38.5 Å². The molecule has 1 aliphatic carbocycles. The zero-order chi connectivity index (χ0) is 17.7. The number of halogens is 1. The molecule has 0 aromatic rings. The monoisotopic (exact) mass is 397 g/mol. The Hall–Kier alpha value is -0.410. The smallest absolute Gasteiger partial charge is 0.222 e. The van der Waals surface area contributed by atoms with Crippen molar-refractivity contribution in [3.63, 3.8) is 0 Å². The van der Waals surface area contributed by atoms with Crippen LogP contribution in [0.25, 0.3) is 0 Å². The Balaban J connectivity index is 0.00000312. The molecule has 2 N–H and O–H groups in total. The Morgan fingerprint density at radius 3 is 2.36 bits per heavy atom. The fraction of sp³-hybridized carbons (Fsp3) is 0.938. The standard InChI is InChI=1S/C16H31N3O4S.ClH/c1-13(2)23-10-11-24(21,22)19-8-6-18(7-9-19)16(20)12-14-4-3-5-15(14)17;/h13-15H,3-12,17H2,1-2H3;1H/t14-,15+;/m0./s1. The summed E-state index contributed by atoms with van der Waals surface area (Å²) in [5, 5.41) is 0. The highest BCUT2D eigenvalue weighted by Gasteiger charge is 2.31. The second-order valence-electron chi connectivity index (χ2n) is 7.07. The van der Waals surface area contributed by atoms with Crippen molar-refractivity contribution < 1.29 is 17.9 Å². The molecule has 0 spiro atoms. The maximum Gasteiger partial charge on any atom is 0.222 e. The number of hydrogen-bond acceptors (Lipinski definition) is 5.